The Bertz CT molecular complexity index is 505. The van der Waals surface area contributed by atoms with E-state index in [9.17, 15) is 0 Å². The predicted molar refractivity (Wildman–Crippen MR) is 60.8 cm³/mol. The average Bonchev–Trinajstić information content (AvgIpc) is 2.49. The molecule has 4 heteroatoms. The Hall–Kier alpha value is -1.48. The molecule has 0 fully saturated rings. The summed E-state index contributed by atoms with van der Waals surface area (Å²) in [7, 11) is 0. The molecule has 0 bridgehead atoms. The van der Waals surface area contributed by atoms with E-state index in [2.05, 4.69) is 11.2 Å². The highest BCUT2D eigenvalue weighted by Crippen LogP contribution is 2.34. The fourth-order valence-electron chi connectivity index (χ4n) is 1.53. The summed E-state index contributed by atoms with van der Waals surface area (Å²) < 4.78 is 5.09. The molecular weight excluding hydrogens is 212 g/mol. The van der Waals surface area contributed by atoms with E-state index < -0.39 is 0 Å². The number of nitrogen functional groups attached to an aromatic ring is 1. The number of aromatic nitrogens is 1. The largest absolute Gasteiger partial charge is 0.380 e. The smallest absolute Gasteiger partial charge is 0.187 e. The second-order valence-corrected chi connectivity index (χ2v) is 3.91. The van der Waals surface area contributed by atoms with Crippen molar-refractivity contribution in [1.82, 2.24) is 5.16 Å². The molecule has 0 atom stereocenters. The van der Waals surface area contributed by atoms with Crippen LogP contribution in [0, 0.1) is 13.8 Å². The van der Waals surface area contributed by atoms with Crippen molar-refractivity contribution in [2.24, 2.45) is 0 Å². The molecule has 78 valence electrons. The van der Waals surface area contributed by atoms with Crippen molar-refractivity contribution >= 4 is 17.4 Å². The monoisotopic (exact) mass is 222 g/mol. The van der Waals surface area contributed by atoms with Gasteiger partial charge in [0.25, 0.3) is 0 Å². The van der Waals surface area contributed by atoms with Gasteiger partial charge in [-0.2, -0.15) is 0 Å². The molecule has 3 nitrogen and oxygen atoms in total. The lowest BCUT2D eigenvalue weighted by atomic mass is 10.0. The molecule has 0 saturated heterocycles. The minimum Gasteiger partial charge on any atom is -0.380 e. The average molecular weight is 223 g/mol. The molecule has 0 aliphatic rings. The molecule has 0 radical (unpaired) electrons. The second-order valence-electron chi connectivity index (χ2n) is 3.53. The number of anilines is 1. The van der Waals surface area contributed by atoms with Crippen LogP contribution in [0.1, 0.15) is 11.1 Å². The van der Waals surface area contributed by atoms with E-state index in [1.54, 1.807) is 0 Å². The highest BCUT2D eigenvalue weighted by Gasteiger charge is 2.15. The SMILES string of the molecule is Cc1ccc(-c2onc(N)c2Cl)c(C)c1. The van der Waals surface area contributed by atoms with Gasteiger partial charge >= 0.3 is 0 Å². The van der Waals surface area contributed by atoms with Crippen LogP contribution in [0.2, 0.25) is 5.02 Å². The maximum Gasteiger partial charge on any atom is 0.187 e. The van der Waals surface area contributed by atoms with E-state index in [0.717, 1.165) is 11.1 Å². The number of hydrogen-bond acceptors (Lipinski definition) is 3. The van der Waals surface area contributed by atoms with Gasteiger partial charge in [-0.3, -0.25) is 0 Å². The number of benzene rings is 1. The van der Waals surface area contributed by atoms with Crippen molar-refractivity contribution in [2.45, 2.75) is 13.8 Å². The lowest BCUT2D eigenvalue weighted by molar-refractivity contribution is 0.435. The molecule has 1 heterocycles. The maximum absolute atomic E-state index is 5.97. The van der Waals surface area contributed by atoms with Crippen LogP contribution >= 0.6 is 11.6 Å². The standard InChI is InChI=1S/C11H11ClN2O/c1-6-3-4-8(7(2)5-6)10-9(12)11(13)14-15-10/h3-5H,1-2H3,(H2,13,14). The topological polar surface area (TPSA) is 52.0 Å². The summed E-state index contributed by atoms with van der Waals surface area (Å²) in [6, 6.07) is 6.01. The highest BCUT2D eigenvalue weighted by molar-refractivity contribution is 6.35. The summed E-state index contributed by atoms with van der Waals surface area (Å²) in [5.41, 5.74) is 8.73. The Morgan fingerprint density at radius 2 is 2.07 bits per heavy atom. The number of nitrogens with zero attached hydrogens (tertiary/aromatic N) is 1. The normalized spacial score (nSPS) is 10.6. The van der Waals surface area contributed by atoms with Crippen molar-refractivity contribution in [1.29, 1.82) is 0 Å². The molecule has 0 aliphatic carbocycles. The first kappa shape index (κ1) is 10.1. The van der Waals surface area contributed by atoms with Crippen LogP contribution < -0.4 is 5.73 Å². The minimum absolute atomic E-state index is 0.228. The zero-order chi connectivity index (χ0) is 11.0. The quantitative estimate of drug-likeness (QED) is 0.806. The van der Waals surface area contributed by atoms with Gasteiger partial charge in [-0.1, -0.05) is 40.5 Å². The van der Waals surface area contributed by atoms with Crippen LogP contribution in [0.4, 0.5) is 5.82 Å². The molecule has 0 amide bonds. The zero-order valence-electron chi connectivity index (χ0n) is 8.54. The van der Waals surface area contributed by atoms with E-state index in [1.165, 1.54) is 5.56 Å². The van der Waals surface area contributed by atoms with Crippen LogP contribution in [-0.4, -0.2) is 5.16 Å². The summed E-state index contributed by atoms with van der Waals surface area (Å²) in [5, 5.41) is 4.00. The summed E-state index contributed by atoms with van der Waals surface area (Å²) >= 11 is 5.97. The third-order valence-electron chi connectivity index (χ3n) is 2.29. The Morgan fingerprint density at radius 1 is 1.33 bits per heavy atom. The summed E-state index contributed by atoms with van der Waals surface area (Å²) in [4.78, 5) is 0. The maximum atomic E-state index is 5.97. The Kier molecular flexibility index (Phi) is 2.40. The van der Waals surface area contributed by atoms with Crippen LogP contribution in [0.15, 0.2) is 22.7 Å². The van der Waals surface area contributed by atoms with E-state index in [-0.39, 0.29) is 5.82 Å². The number of aryl methyl sites for hydroxylation is 2. The fourth-order valence-corrected chi connectivity index (χ4v) is 1.70. The van der Waals surface area contributed by atoms with Crippen molar-refractivity contribution < 1.29 is 4.52 Å². The highest BCUT2D eigenvalue weighted by atomic mass is 35.5. The molecule has 0 spiro atoms. The van der Waals surface area contributed by atoms with Gasteiger partial charge in [0.2, 0.25) is 0 Å². The van der Waals surface area contributed by atoms with Gasteiger partial charge in [-0.25, -0.2) is 0 Å². The van der Waals surface area contributed by atoms with E-state index in [1.807, 2.05) is 26.0 Å². The van der Waals surface area contributed by atoms with Crippen LogP contribution in [0.25, 0.3) is 11.3 Å². The first-order valence-electron chi connectivity index (χ1n) is 4.58. The number of rotatable bonds is 1. The summed E-state index contributed by atoms with van der Waals surface area (Å²) in [6.07, 6.45) is 0. The van der Waals surface area contributed by atoms with Crippen LogP contribution in [0.5, 0.6) is 0 Å². The lowest BCUT2D eigenvalue weighted by Crippen LogP contribution is -1.85. The lowest BCUT2D eigenvalue weighted by Gasteiger charge is -2.03. The van der Waals surface area contributed by atoms with E-state index >= 15 is 0 Å². The van der Waals surface area contributed by atoms with Crippen molar-refractivity contribution in [3.63, 3.8) is 0 Å². The first-order chi connectivity index (χ1) is 7.09. The van der Waals surface area contributed by atoms with Gasteiger partial charge in [0.1, 0.15) is 5.02 Å². The van der Waals surface area contributed by atoms with Crippen LogP contribution in [0.3, 0.4) is 0 Å². The van der Waals surface area contributed by atoms with Gasteiger partial charge in [-0.05, 0) is 19.4 Å². The Labute approximate surface area is 92.8 Å². The number of hydrogen-bond donors (Lipinski definition) is 1. The minimum atomic E-state index is 0.228. The Balaban J connectivity index is 2.59. The molecule has 1 aromatic heterocycles. The molecule has 0 aliphatic heterocycles. The third-order valence-corrected chi connectivity index (χ3v) is 2.65. The molecule has 2 aromatic rings. The van der Waals surface area contributed by atoms with Crippen molar-refractivity contribution in [3.05, 3.63) is 34.3 Å². The Morgan fingerprint density at radius 3 is 2.60 bits per heavy atom. The van der Waals surface area contributed by atoms with Crippen LogP contribution in [-0.2, 0) is 0 Å². The predicted octanol–water partition coefficient (Wildman–Crippen LogP) is 3.19. The second kappa shape index (κ2) is 3.59. The van der Waals surface area contributed by atoms with E-state index in [4.69, 9.17) is 21.9 Å². The fraction of sp³-hybridized carbons (Fsp3) is 0.182. The molecule has 0 unspecified atom stereocenters. The molecule has 1 aromatic carbocycles. The molecule has 2 N–H and O–H groups in total. The van der Waals surface area contributed by atoms with Gasteiger partial charge in [0, 0.05) is 5.56 Å². The molecular formula is C11H11ClN2O. The summed E-state index contributed by atoms with van der Waals surface area (Å²) in [6.45, 7) is 4.03. The summed E-state index contributed by atoms with van der Waals surface area (Å²) in [5.74, 6) is 0.762. The van der Waals surface area contributed by atoms with Gasteiger partial charge < -0.3 is 10.3 Å². The molecule has 0 saturated carbocycles. The molecule has 15 heavy (non-hydrogen) atoms. The van der Waals surface area contributed by atoms with Crippen molar-refractivity contribution in [2.75, 3.05) is 5.73 Å². The van der Waals surface area contributed by atoms with Gasteiger partial charge in [0.15, 0.2) is 11.6 Å². The first-order valence-corrected chi connectivity index (χ1v) is 4.95. The number of nitrogens with two attached hydrogens (primary N) is 1. The number of halogens is 1. The van der Waals surface area contributed by atoms with Gasteiger partial charge in [-0.15, -0.1) is 0 Å². The van der Waals surface area contributed by atoms with Gasteiger partial charge in [0.05, 0.1) is 0 Å². The van der Waals surface area contributed by atoms with E-state index in [0.29, 0.717) is 10.8 Å². The zero-order valence-corrected chi connectivity index (χ0v) is 9.30. The third kappa shape index (κ3) is 1.70. The van der Waals surface area contributed by atoms with Crippen molar-refractivity contribution in [3.8, 4) is 11.3 Å². The molecule has 2 rings (SSSR count).